The molecule has 0 saturated heterocycles. The molecule has 2 rings (SSSR count). The van der Waals surface area contributed by atoms with Crippen LogP contribution in [0.15, 0.2) is 47.6 Å². The minimum atomic E-state index is -0.341. The summed E-state index contributed by atoms with van der Waals surface area (Å²) in [5, 5.41) is 3.79. The number of thioether (sulfide) groups is 1. The average molecular weight is 302 g/mol. The van der Waals surface area contributed by atoms with Crippen LogP contribution in [0, 0.1) is 0 Å². The molecule has 5 heteroatoms. The monoisotopic (exact) mass is 302 g/mol. The van der Waals surface area contributed by atoms with Gasteiger partial charge in [-0.15, -0.1) is 0 Å². The van der Waals surface area contributed by atoms with Crippen LogP contribution >= 0.6 is 11.8 Å². The van der Waals surface area contributed by atoms with Crippen LogP contribution in [0.1, 0.15) is 24.1 Å². The molecular formula is C16H18N2O2S. The Bertz CT molecular complexity index is 591. The van der Waals surface area contributed by atoms with Crippen molar-refractivity contribution in [3.8, 4) is 0 Å². The first kappa shape index (κ1) is 15.4. The van der Waals surface area contributed by atoms with Crippen molar-refractivity contribution in [3.05, 3.63) is 53.7 Å². The molecule has 1 N–H and O–H groups in total. The van der Waals surface area contributed by atoms with Crippen molar-refractivity contribution in [1.82, 2.24) is 5.32 Å². The Labute approximate surface area is 129 Å². The highest BCUT2D eigenvalue weighted by atomic mass is 32.2. The molecule has 0 fully saturated rings. The number of hydrogen-bond donors (Lipinski definition) is 1. The van der Waals surface area contributed by atoms with Gasteiger partial charge in [0.15, 0.2) is 5.17 Å². The summed E-state index contributed by atoms with van der Waals surface area (Å²) in [6, 6.07) is 7.50. The lowest BCUT2D eigenvalue weighted by molar-refractivity contribution is -0.138. The van der Waals surface area contributed by atoms with Crippen LogP contribution < -0.4 is 5.32 Å². The summed E-state index contributed by atoms with van der Waals surface area (Å²) >= 11 is 1.50. The average Bonchev–Trinajstić information content (AvgIpc) is 2.54. The van der Waals surface area contributed by atoms with Gasteiger partial charge in [0, 0.05) is 6.20 Å². The number of rotatable bonds is 4. The molecule has 1 aromatic rings. The molecule has 1 aromatic carbocycles. The number of nitrogens with one attached hydrogen (secondary N) is 1. The maximum absolute atomic E-state index is 12.1. The summed E-state index contributed by atoms with van der Waals surface area (Å²) in [6.07, 6.45) is 5.40. The quantitative estimate of drug-likeness (QED) is 0.868. The third-order valence-corrected chi connectivity index (χ3v) is 3.69. The van der Waals surface area contributed by atoms with Crippen LogP contribution in [0.4, 0.5) is 0 Å². The van der Waals surface area contributed by atoms with Crippen molar-refractivity contribution in [1.29, 1.82) is 0 Å². The third-order valence-electron chi connectivity index (χ3n) is 3.08. The minimum Gasteiger partial charge on any atom is -0.463 e. The van der Waals surface area contributed by atoms with Gasteiger partial charge >= 0.3 is 5.97 Å². The zero-order valence-corrected chi connectivity index (χ0v) is 12.9. The molecule has 0 amide bonds. The van der Waals surface area contributed by atoms with Gasteiger partial charge in [0.2, 0.25) is 0 Å². The highest BCUT2D eigenvalue weighted by Gasteiger charge is 2.26. The molecule has 1 atom stereocenters. The van der Waals surface area contributed by atoms with Gasteiger partial charge in [-0.05, 0) is 24.3 Å². The Morgan fingerprint density at radius 1 is 1.48 bits per heavy atom. The molecule has 0 saturated carbocycles. The van der Waals surface area contributed by atoms with E-state index in [1.807, 2.05) is 30.5 Å². The molecule has 0 bridgehead atoms. The second-order valence-electron chi connectivity index (χ2n) is 4.38. The molecule has 4 nitrogen and oxygen atoms in total. The summed E-state index contributed by atoms with van der Waals surface area (Å²) < 4.78 is 5.11. The Balaban J connectivity index is 2.34. The Morgan fingerprint density at radius 3 is 2.76 bits per heavy atom. The predicted octanol–water partition coefficient (Wildman–Crippen LogP) is 3.14. The minimum absolute atomic E-state index is 0.341. The van der Waals surface area contributed by atoms with Crippen LogP contribution in [0.2, 0.25) is 0 Å². The predicted molar refractivity (Wildman–Crippen MR) is 88.1 cm³/mol. The zero-order chi connectivity index (χ0) is 15.2. The Morgan fingerprint density at radius 2 is 2.19 bits per heavy atom. The molecule has 1 heterocycles. The largest absolute Gasteiger partial charge is 0.463 e. The lowest BCUT2D eigenvalue weighted by Gasteiger charge is -2.22. The number of esters is 1. The molecule has 0 aromatic heterocycles. The SMILES string of the molecule is C=Cc1ccc(C2N=C(SC)NC=C2C(=O)OCC)cc1. The first-order valence-corrected chi connectivity index (χ1v) is 7.90. The van der Waals surface area contributed by atoms with Crippen molar-refractivity contribution in [3.63, 3.8) is 0 Å². The molecular weight excluding hydrogens is 284 g/mol. The zero-order valence-electron chi connectivity index (χ0n) is 12.1. The molecule has 1 aliphatic rings. The highest BCUT2D eigenvalue weighted by Crippen LogP contribution is 2.30. The van der Waals surface area contributed by atoms with Gasteiger partial charge in [0.25, 0.3) is 0 Å². The van der Waals surface area contributed by atoms with Crippen molar-refractivity contribution in [2.24, 2.45) is 4.99 Å². The van der Waals surface area contributed by atoms with Gasteiger partial charge in [0.05, 0.1) is 12.2 Å². The molecule has 0 aliphatic carbocycles. The van der Waals surface area contributed by atoms with Crippen LogP contribution in [-0.4, -0.2) is 24.0 Å². The van der Waals surface area contributed by atoms with Crippen LogP contribution in [0.3, 0.4) is 0 Å². The van der Waals surface area contributed by atoms with Gasteiger partial charge in [-0.3, -0.25) is 0 Å². The van der Waals surface area contributed by atoms with Gasteiger partial charge in [-0.25, -0.2) is 9.79 Å². The van der Waals surface area contributed by atoms with Gasteiger partial charge in [0.1, 0.15) is 6.04 Å². The number of hydrogen-bond acceptors (Lipinski definition) is 5. The number of carbonyl (C=O) groups excluding carboxylic acids is 1. The van der Waals surface area contributed by atoms with E-state index in [1.165, 1.54) is 11.8 Å². The van der Waals surface area contributed by atoms with E-state index in [4.69, 9.17) is 4.74 Å². The van der Waals surface area contributed by atoms with Gasteiger partial charge in [-0.2, -0.15) is 0 Å². The van der Waals surface area contributed by atoms with Crippen LogP contribution in [-0.2, 0) is 9.53 Å². The van der Waals surface area contributed by atoms with Gasteiger partial charge in [-0.1, -0.05) is 48.7 Å². The summed E-state index contributed by atoms with van der Waals surface area (Å²) in [5.41, 5.74) is 2.50. The van der Waals surface area contributed by atoms with E-state index in [1.54, 1.807) is 19.2 Å². The summed E-state index contributed by atoms with van der Waals surface area (Å²) in [7, 11) is 0. The van der Waals surface area contributed by atoms with Crippen LogP contribution in [0.5, 0.6) is 0 Å². The van der Waals surface area contributed by atoms with Gasteiger partial charge < -0.3 is 10.1 Å². The highest BCUT2D eigenvalue weighted by molar-refractivity contribution is 8.13. The first-order chi connectivity index (χ1) is 10.2. The lowest BCUT2D eigenvalue weighted by atomic mass is 9.98. The molecule has 0 spiro atoms. The third kappa shape index (κ3) is 3.55. The normalized spacial score (nSPS) is 17.3. The first-order valence-electron chi connectivity index (χ1n) is 6.67. The van der Waals surface area contributed by atoms with Crippen molar-refractivity contribution in [2.75, 3.05) is 12.9 Å². The number of aliphatic imine (C=N–C) groups is 1. The van der Waals surface area contributed by atoms with E-state index < -0.39 is 0 Å². The van der Waals surface area contributed by atoms with E-state index in [0.717, 1.165) is 16.3 Å². The van der Waals surface area contributed by atoms with Crippen LogP contribution in [0.25, 0.3) is 6.08 Å². The van der Waals surface area contributed by atoms with Crippen molar-refractivity contribution in [2.45, 2.75) is 13.0 Å². The summed E-state index contributed by atoms with van der Waals surface area (Å²) in [6.45, 7) is 5.88. The number of amidine groups is 1. The standard InChI is InChI=1S/C16H18N2O2S/c1-4-11-6-8-12(9-7-11)14-13(15(19)20-5-2)10-17-16(18-14)21-3/h4,6-10,14H,1,5H2,2-3H3,(H,17,18). The number of carbonyl (C=O) groups is 1. The molecule has 1 unspecified atom stereocenters. The smallest absolute Gasteiger partial charge is 0.338 e. The Kier molecular flexibility index (Phi) is 5.22. The van der Waals surface area contributed by atoms with E-state index in [0.29, 0.717) is 12.2 Å². The lowest BCUT2D eigenvalue weighted by Crippen LogP contribution is -2.26. The molecule has 1 aliphatic heterocycles. The maximum atomic E-state index is 12.1. The fourth-order valence-electron chi connectivity index (χ4n) is 2.01. The maximum Gasteiger partial charge on any atom is 0.338 e. The van der Waals surface area contributed by atoms with E-state index in [2.05, 4.69) is 16.9 Å². The second-order valence-corrected chi connectivity index (χ2v) is 5.17. The number of nitrogens with zero attached hydrogens (tertiary/aromatic N) is 1. The number of benzene rings is 1. The second kappa shape index (κ2) is 7.13. The number of ether oxygens (including phenoxy) is 1. The fourth-order valence-corrected chi connectivity index (χ4v) is 2.40. The van der Waals surface area contributed by atoms with E-state index >= 15 is 0 Å². The topological polar surface area (TPSA) is 50.7 Å². The molecule has 110 valence electrons. The summed E-state index contributed by atoms with van der Waals surface area (Å²) in [5.74, 6) is -0.341. The molecule has 0 radical (unpaired) electrons. The van der Waals surface area contributed by atoms with Crippen molar-refractivity contribution >= 4 is 29.0 Å². The fraction of sp³-hybridized carbons (Fsp3) is 0.250. The van der Waals surface area contributed by atoms with E-state index in [9.17, 15) is 4.79 Å². The van der Waals surface area contributed by atoms with E-state index in [-0.39, 0.29) is 12.0 Å². The Hall–Kier alpha value is -2.01. The van der Waals surface area contributed by atoms with Crippen molar-refractivity contribution < 1.29 is 9.53 Å². The molecule has 21 heavy (non-hydrogen) atoms. The summed E-state index contributed by atoms with van der Waals surface area (Å²) in [4.78, 5) is 16.7.